The maximum atomic E-state index is 11.9. The number of nitrogens with two attached hydrogens (primary N) is 1. The summed E-state index contributed by atoms with van der Waals surface area (Å²) >= 11 is 0. The zero-order chi connectivity index (χ0) is 12.6. The summed E-state index contributed by atoms with van der Waals surface area (Å²) in [5.41, 5.74) is 5.35. The highest BCUT2D eigenvalue weighted by Gasteiger charge is 2.30. The maximum absolute atomic E-state index is 11.9. The monoisotopic (exact) mass is 228 g/mol. The summed E-state index contributed by atoms with van der Waals surface area (Å²) in [6, 6.07) is 0.236. The number of nitrogens with one attached hydrogen (secondary N) is 1. The molecule has 0 saturated carbocycles. The smallest absolute Gasteiger partial charge is 0.240 e. The number of rotatable bonds is 8. The molecule has 0 heterocycles. The molecule has 0 aliphatic rings. The highest BCUT2D eigenvalue weighted by molar-refractivity contribution is 5.86. The summed E-state index contributed by atoms with van der Waals surface area (Å²) in [7, 11) is 0. The largest absolute Gasteiger partial charge is 0.352 e. The van der Waals surface area contributed by atoms with Gasteiger partial charge in [0.1, 0.15) is 0 Å². The van der Waals surface area contributed by atoms with Crippen molar-refractivity contribution in [2.75, 3.05) is 0 Å². The molecule has 96 valence electrons. The van der Waals surface area contributed by atoms with E-state index in [1.165, 1.54) is 19.3 Å². The van der Waals surface area contributed by atoms with Crippen LogP contribution in [-0.2, 0) is 4.79 Å². The van der Waals surface area contributed by atoms with E-state index in [2.05, 4.69) is 19.2 Å². The Morgan fingerprint density at radius 1 is 1.25 bits per heavy atom. The van der Waals surface area contributed by atoms with Crippen molar-refractivity contribution in [2.24, 2.45) is 5.73 Å². The molecular formula is C13H28N2O. The van der Waals surface area contributed by atoms with Crippen molar-refractivity contribution in [3.63, 3.8) is 0 Å². The topological polar surface area (TPSA) is 55.1 Å². The Kier molecular flexibility index (Phi) is 7.39. The van der Waals surface area contributed by atoms with Gasteiger partial charge < -0.3 is 11.1 Å². The van der Waals surface area contributed by atoms with E-state index in [1.807, 2.05) is 13.8 Å². The second-order valence-electron chi connectivity index (χ2n) is 4.73. The minimum absolute atomic E-state index is 0.00139. The molecule has 1 unspecified atom stereocenters. The lowest BCUT2D eigenvalue weighted by atomic mass is 9.92. The molecule has 1 amide bonds. The van der Waals surface area contributed by atoms with E-state index in [9.17, 15) is 4.79 Å². The third-order valence-corrected chi connectivity index (χ3v) is 3.33. The fourth-order valence-corrected chi connectivity index (χ4v) is 1.71. The Labute approximate surface area is 100 Å². The Morgan fingerprint density at radius 3 is 2.25 bits per heavy atom. The first kappa shape index (κ1) is 15.4. The Balaban J connectivity index is 4.02. The Morgan fingerprint density at radius 2 is 1.81 bits per heavy atom. The Hall–Kier alpha value is -0.570. The van der Waals surface area contributed by atoms with Crippen molar-refractivity contribution in [2.45, 2.75) is 77.8 Å². The molecule has 0 spiro atoms. The highest BCUT2D eigenvalue weighted by Crippen LogP contribution is 2.12. The number of hydrogen-bond acceptors (Lipinski definition) is 2. The summed E-state index contributed by atoms with van der Waals surface area (Å²) in [6.07, 6.45) is 6.05. The molecule has 16 heavy (non-hydrogen) atoms. The molecule has 0 bridgehead atoms. The van der Waals surface area contributed by atoms with E-state index in [-0.39, 0.29) is 11.9 Å². The summed E-state index contributed by atoms with van der Waals surface area (Å²) in [5.74, 6) is 0.00139. The molecular weight excluding hydrogens is 200 g/mol. The molecule has 0 fully saturated rings. The van der Waals surface area contributed by atoms with Crippen LogP contribution in [0.2, 0.25) is 0 Å². The van der Waals surface area contributed by atoms with E-state index in [4.69, 9.17) is 5.73 Å². The van der Waals surface area contributed by atoms with Gasteiger partial charge in [-0.1, -0.05) is 40.0 Å². The quantitative estimate of drug-likeness (QED) is 0.627. The van der Waals surface area contributed by atoms with Crippen LogP contribution in [0.4, 0.5) is 0 Å². The summed E-state index contributed by atoms with van der Waals surface area (Å²) in [6.45, 7) is 8.16. The van der Waals surface area contributed by atoms with Crippen LogP contribution in [0, 0.1) is 0 Å². The maximum Gasteiger partial charge on any atom is 0.240 e. The first-order chi connectivity index (χ1) is 7.50. The van der Waals surface area contributed by atoms with Crippen LogP contribution >= 0.6 is 0 Å². The Bertz CT molecular complexity index is 200. The van der Waals surface area contributed by atoms with Gasteiger partial charge in [-0.15, -0.1) is 0 Å². The fraction of sp³-hybridized carbons (Fsp3) is 0.923. The van der Waals surface area contributed by atoms with Crippen molar-refractivity contribution in [3.8, 4) is 0 Å². The van der Waals surface area contributed by atoms with Gasteiger partial charge in [0, 0.05) is 6.04 Å². The van der Waals surface area contributed by atoms with Gasteiger partial charge in [0.15, 0.2) is 0 Å². The van der Waals surface area contributed by atoms with Crippen molar-refractivity contribution >= 4 is 5.91 Å². The molecule has 3 heteroatoms. The summed E-state index contributed by atoms with van der Waals surface area (Å²) < 4.78 is 0. The zero-order valence-electron chi connectivity index (χ0n) is 11.3. The van der Waals surface area contributed by atoms with E-state index < -0.39 is 5.54 Å². The third kappa shape index (κ3) is 4.97. The zero-order valence-corrected chi connectivity index (χ0v) is 11.3. The number of hydrogen-bond donors (Lipinski definition) is 2. The van der Waals surface area contributed by atoms with Gasteiger partial charge in [-0.3, -0.25) is 4.79 Å². The molecule has 0 aromatic heterocycles. The van der Waals surface area contributed by atoms with Gasteiger partial charge in [-0.05, 0) is 26.2 Å². The molecule has 0 aliphatic carbocycles. The number of carbonyl (C=O) groups excluding carboxylic acids is 1. The molecule has 0 aliphatic heterocycles. The van der Waals surface area contributed by atoms with Gasteiger partial charge >= 0.3 is 0 Å². The van der Waals surface area contributed by atoms with Gasteiger partial charge in [0.05, 0.1) is 5.54 Å². The van der Waals surface area contributed by atoms with E-state index >= 15 is 0 Å². The molecule has 1 atom stereocenters. The predicted molar refractivity (Wildman–Crippen MR) is 69.2 cm³/mol. The van der Waals surface area contributed by atoms with Crippen LogP contribution in [0.3, 0.4) is 0 Å². The van der Waals surface area contributed by atoms with Gasteiger partial charge in [-0.2, -0.15) is 0 Å². The van der Waals surface area contributed by atoms with Gasteiger partial charge in [0.2, 0.25) is 5.91 Å². The lowest BCUT2D eigenvalue weighted by Gasteiger charge is -2.27. The van der Waals surface area contributed by atoms with Crippen LogP contribution in [0.15, 0.2) is 0 Å². The molecule has 3 nitrogen and oxygen atoms in total. The standard InChI is InChI=1S/C13H28N2O/c1-5-8-9-10-11(4)15-12(16)13(14,6-2)7-3/h11H,5-10,14H2,1-4H3,(H,15,16). The van der Waals surface area contributed by atoms with Crippen LogP contribution in [0.1, 0.15) is 66.2 Å². The van der Waals surface area contributed by atoms with Crippen molar-refractivity contribution < 1.29 is 4.79 Å². The predicted octanol–water partition coefficient (Wildman–Crippen LogP) is 2.59. The SMILES string of the molecule is CCCCCC(C)NC(=O)C(N)(CC)CC. The minimum atomic E-state index is -0.682. The van der Waals surface area contributed by atoms with Crippen LogP contribution in [0.25, 0.3) is 0 Å². The first-order valence-electron chi connectivity index (χ1n) is 6.60. The second-order valence-corrected chi connectivity index (χ2v) is 4.73. The van der Waals surface area contributed by atoms with Crippen LogP contribution in [0.5, 0.6) is 0 Å². The molecule has 0 rings (SSSR count). The number of carbonyl (C=O) groups is 1. The number of unbranched alkanes of at least 4 members (excludes halogenated alkanes) is 2. The average Bonchev–Trinajstić information content (AvgIpc) is 2.28. The van der Waals surface area contributed by atoms with E-state index in [1.54, 1.807) is 0 Å². The van der Waals surface area contributed by atoms with Crippen LogP contribution in [-0.4, -0.2) is 17.5 Å². The lowest BCUT2D eigenvalue weighted by Crippen LogP contribution is -2.55. The highest BCUT2D eigenvalue weighted by atomic mass is 16.2. The molecule has 3 N–H and O–H groups in total. The van der Waals surface area contributed by atoms with Crippen molar-refractivity contribution in [1.29, 1.82) is 0 Å². The van der Waals surface area contributed by atoms with E-state index in [0.29, 0.717) is 12.8 Å². The first-order valence-corrected chi connectivity index (χ1v) is 6.60. The molecule has 0 aromatic rings. The van der Waals surface area contributed by atoms with Gasteiger partial charge in [-0.25, -0.2) is 0 Å². The minimum Gasteiger partial charge on any atom is -0.352 e. The van der Waals surface area contributed by atoms with Crippen molar-refractivity contribution in [1.82, 2.24) is 5.32 Å². The second kappa shape index (κ2) is 7.66. The lowest BCUT2D eigenvalue weighted by molar-refractivity contribution is -0.127. The third-order valence-electron chi connectivity index (χ3n) is 3.33. The van der Waals surface area contributed by atoms with Gasteiger partial charge in [0.25, 0.3) is 0 Å². The van der Waals surface area contributed by atoms with E-state index in [0.717, 1.165) is 6.42 Å². The molecule has 0 radical (unpaired) electrons. The summed E-state index contributed by atoms with van der Waals surface area (Å²) in [5, 5.41) is 3.02. The molecule has 0 saturated heterocycles. The van der Waals surface area contributed by atoms with Crippen molar-refractivity contribution in [3.05, 3.63) is 0 Å². The fourth-order valence-electron chi connectivity index (χ4n) is 1.71. The number of amides is 1. The normalized spacial score (nSPS) is 13.6. The summed E-state index contributed by atoms with van der Waals surface area (Å²) in [4.78, 5) is 11.9. The van der Waals surface area contributed by atoms with Crippen LogP contribution < -0.4 is 11.1 Å². The average molecular weight is 228 g/mol. The molecule has 0 aromatic carbocycles.